The molecule has 1 aliphatic rings. The zero-order valence-corrected chi connectivity index (χ0v) is 12.1. The molecule has 104 valence electrons. The SMILES string of the molecule is Clc1ccccc1OCc1cccc(CNC2CC2)c1. The Morgan fingerprint density at radius 3 is 2.65 bits per heavy atom. The zero-order valence-electron chi connectivity index (χ0n) is 11.3. The lowest BCUT2D eigenvalue weighted by Crippen LogP contribution is -2.15. The molecule has 0 bridgehead atoms. The lowest BCUT2D eigenvalue weighted by atomic mass is 10.1. The molecular formula is C17H18ClNO. The Balaban J connectivity index is 1.59. The number of hydrogen-bond donors (Lipinski definition) is 1. The van der Waals surface area contributed by atoms with E-state index in [4.69, 9.17) is 16.3 Å². The maximum Gasteiger partial charge on any atom is 0.138 e. The van der Waals surface area contributed by atoms with Crippen molar-refractivity contribution < 1.29 is 4.74 Å². The number of ether oxygens (including phenoxy) is 1. The van der Waals surface area contributed by atoms with Gasteiger partial charge in [0.2, 0.25) is 0 Å². The molecule has 1 N–H and O–H groups in total. The number of benzene rings is 2. The summed E-state index contributed by atoms with van der Waals surface area (Å²) >= 11 is 6.08. The Kier molecular flexibility index (Phi) is 4.24. The van der Waals surface area contributed by atoms with Crippen molar-refractivity contribution in [2.75, 3.05) is 0 Å². The molecule has 2 aromatic carbocycles. The van der Waals surface area contributed by atoms with Crippen LogP contribution in [0.5, 0.6) is 5.75 Å². The number of nitrogens with one attached hydrogen (secondary N) is 1. The average Bonchev–Trinajstić information content (AvgIpc) is 3.29. The zero-order chi connectivity index (χ0) is 13.8. The Labute approximate surface area is 124 Å². The van der Waals surface area contributed by atoms with Crippen molar-refractivity contribution in [2.24, 2.45) is 0 Å². The lowest BCUT2D eigenvalue weighted by Gasteiger charge is -2.09. The van der Waals surface area contributed by atoms with Gasteiger partial charge in [-0.1, -0.05) is 48.0 Å². The van der Waals surface area contributed by atoms with E-state index in [1.165, 1.54) is 24.0 Å². The molecule has 1 saturated carbocycles. The summed E-state index contributed by atoms with van der Waals surface area (Å²) in [7, 11) is 0. The summed E-state index contributed by atoms with van der Waals surface area (Å²) in [5.41, 5.74) is 2.47. The van der Waals surface area contributed by atoms with E-state index in [0.717, 1.165) is 18.3 Å². The normalized spacial score (nSPS) is 14.2. The van der Waals surface area contributed by atoms with Gasteiger partial charge in [-0.25, -0.2) is 0 Å². The Hall–Kier alpha value is -1.51. The summed E-state index contributed by atoms with van der Waals surface area (Å²) in [6, 6.07) is 16.8. The highest BCUT2D eigenvalue weighted by Crippen LogP contribution is 2.24. The van der Waals surface area contributed by atoms with Crippen molar-refractivity contribution in [3.8, 4) is 5.75 Å². The Morgan fingerprint density at radius 1 is 1.05 bits per heavy atom. The summed E-state index contributed by atoms with van der Waals surface area (Å²) in [6.45, 7) is 1.48. The summed E-state index contributed by atoms with van der Waals surface area (Å²) in [4.78, 5) is 0. The summed E-state index contributed by atoms with van der Waals surface area (Å²) in [6.07, 6.45) is 2.63. The first kappa shape index (κ1) is 13.5. The van der Waals surface area contributed by atoms with Crippen molar-refractivity contribution in [1.82, 2.24) is 5.32 Å². The van der Waals surface area contributed by atoms with Gasteiger partial charge in [0.05, 0.1) is 5.02 Å². The highest BCUT2D eigenvalue weighted by molar-refractivity contribution is 6.32. The van der Waals surface area contributed by atoms with Crippen LogP contribution in [0.25, 0.3) is 0 Å². The van der Waals surface area contributed by atoms with Crippen LogP contribution in [0, 0.1) is 0 Å². The second kappa shape index (κ2) is 6.29. The topological polar surface area (TPSA) is 21.3 Å². The lowest BCUT2D eigenvalue weighted by molar-refractivity contribution is 0.306. The van der Waals surface area contributed by atoms with Crippen LogP contribution in [0.4, 0.5) is 0 Å². The minimum atomic E-state index is 0.543. The fourth-order valence-corrected chi connectivity index (χ4v) is 2.29. The molecular weight excluding hydrogens is 270 g/mol. The minimum Gasteiger partial charge on any atom is -0.487 e. The molecule has 0 radical (unpaired) electrons. The molecule has 20 heavy (non-hydrogen) atoms. The molecule has 0 spiro atoms. The second-order valence-electron chi connectivity index (χ2n) is 5.19. The van der Waals surface area contributed by atoms with Gasteiger partial charge in [-0.15, -0.1) is 0 Å². The fraction of sp³-hybridized carbons (Fsp3) is 0.294. The van der Waals surface area contributed by atoms with Gasteiger partial charge in [-0.05, 0) is 36.1 Å². The largest absolute Gasteiger partial charge is 0.487 e. The van der Waals surface area contributed by atoms with Crippen molar-refractivity contribution >= 4 is 11.6 Å². The average molecular weight is 288 g/mol. The molecule has 3 rings (SSSR count). The van der Waals surface area contributed by atoms with Crippen molar-refractivity contribution in [3.05, 3.63) is 64.7 Å². The summed E-state index contributed by atoms with van der Waals surface area (Å²) in [5, 5.41) is 4.17. The third kappa shape index (κ3) is 3.75. The minimum absolute atomic E-state index is 0.543. The van der Waals surface area contributed by atoms with Gasteiger partial charge >= 0.3 is 0 Å². The van der Waals surface area contributed by atoms with Gasteiger partial charge in [0.25, 0.3) is 0 Å². The van der Waals surface area contributed by atoms with Crippen LogP contribution in [0.2, 0.25) is 5.02 Å². The molecule has 3 heteroatoms. The third-order valence-electron chi connectivity index (χ3n) is 3.39. The van der Waals surface area contributed by atoms with Crippen LogP contribution in [-0.2, 0) is 13.2 Å². The van der Waals surface area contributed by atoms with E-state index in [-0.39, 0.29) is 0 Å². The van der Waals surface area contributed by atoms with E-state index in [2.05, 4.69) is 29.6 Å². The molecule has 1 fully saturated rings. The van der Waals surface area contributed by atoms with Gasteiger partial charge in [0.15, 0.2) is 0 Å². The van der Waals surface area contributed by atoms with Crippen molar-refractivity contribution in [1.29, 1.82) is 0 Å². The van der Waals surface area contributed by atoms with E-state index < -0.39 is 0 Å². The van der Waals surface area contributed by atoms with Crippen LogP contribution in [-0.4, -0.2) is 6.04 Å². The standard InChI is InChI=1S/C17H18ClNO/c18-16-6-1-2-7-17(16)20-12-14-5-3-4-13(10-14)11-19-15-8-9-15/h1-7,10,15,19H,8-9,11-12H2. The second-order valence-corrected chi connectivity index (χ2v) is 5.60. The van der Waals surface area contributed by atoms with E-state index in [1.54, 1.807) is 0 Å². The molecule has 0 amide bonds. The van der Waals surface area contributed by atoms with E-state index >= 15 is 0 Å². The predicted molar refractivity (Wildman–Crippen MR) is 82.1 cm³/mol. The first-order valence-electron chi connectivity index (χ1n) is 7.00. The number of halogens is 1. The van der Waals surface area contributed by atoms with E-state index in [1.807, 2.05) is 24.3 Å². The van der Waals surface area contributed by atoms with Crippen LogP contribution in [0.15, 0.2) is 48.5 Å². The molecule has 0 unspecified atom stereocenters. The van der Waals surface area contributed by atoms with E-state index in [0.29, 0.717) is 11.6 Å². The summed E-state index contributed by atoms with van der Waals surface area (Å²) in [5.74, 6) is 0.732. The fourth-order valence-electron chi connectivity index (χ4n) is 2.10. The predicted octanol–water partition coefficient (Wildman–Crippen LogP) is 4.17. The monoisotopic (exact) mass is 287 g/mol. The van der Waals surface area contributed by atoms with Crippen LogP contribution >= 0.6 is 11.6 Å². The van der Waals surface area contributed by atoms with Gasteiger partial charge in [-0.3, -0.25) is 0 Å². The Morgan fingerprint density at radius 2 is 1.85 bits per heavy atom. The molecule has 2 nitrogen and oxygen atoms in total. The molecule has 0 aromatic heterocycles. The van der Waals surface area contributed by atoms with Gasteiger partial charge < -0.3 is 10.1 Å². The van der Waals surface area contributed by atoms with Crippen molar-refractivity contribution in [3.63, 3.8) is 0 Å². The smallest absolute Gasteiger partial charge is 0.138 e. The summed E-state index contributed by atoms with van der Waals surface area (Å²) < 4.78 is 5.76. The molecule has 0 heterocycles. The molecule has 2 aromatic rings. The number of rotatable bonds is 6. The first-order valence-corrected chi connectivity index (χ1v) is 7.37. The van der Waals surface area contributed by atoms with Crippen LogP contribution < -0.4 is 10.1 Å². The van der Waals surface area contributed by atoms with Gasteiger partial charge in [0.1, 0.15) is 12.4 Å². The van der Waals surface area contributed by atoms with Gasteiger partial charge in [-0.2, -0.15) is 0 Å². The molecule has 0 atom stereocenters. The highest BCUT2D eigenvalue weighted by atomic mass is 35.5. The first-order chi connectivity index (χ1) is 9.81. The van der Waals surface area contributed by atoms with Crippen LogP contribution in [0.3, 0.4) is 0 Å². The maximum absolute atomic E-state index is 6.08. The highest BCUT2D eigenvalue weighted by Gasteiger charge is 2.19. The maximum atomic E-state index is 6.08. The quantitative estimate of drug-likeness (QED) is 0.861. The molecule has 0 aliphatic heterocycles. The number of para-hydroxylation sites is 1. The number of hydrogen-bond acceptors (Lipinski definition) is 2. The molecule has 0 saturated heterocycles. The molecule has 1 aliphatic carbocycles. The third-order valence-corrected chi connectivity index (χ3v) is 3.71. The van der Waals surface area contributed by atoms with Crippen LogP contribution in [0.1, 0.15) is 24.0 Å². The Bertz CT molecular complexity index is 581. The van der Waals surface area contributed by atoms with E-state index in [9.17, 15) is 0 Å². The van der Waals surface area contributed by atoms with Gasteiger partial charge in [0, 0.05) is 12.6 Å². The van der Waals surface area contributed by atoms with Crippen molar-refractivity contribution in [2.45, 2.75) is 32.0 Å².